The third kappa shape index (κ3) is 2.62. The van der Waals surface area contributed by atoms with Crippen molar-refractivity contribution in [1.29, 1.82) is 0 Å². The summed E-state index contributed by atoms with van der Waals surface area (Å²) in [6, 6.07) is 0. The summed E-state index contributed by atoms with van der Waals surface area (Å²) in [6.45, 7) is 13.2. The molecule has 0 saturated heterocycles. The van der Waals surface area contributed by atoms with E-state index in [1.54, 1.807) is 12.5 Å². The van der Waals surface area contributed by atoms with E-state index in [-0.39, 0.29) is 12.1 Å². The summed E-state index contributed by atoms with van der Waals surface area (Å²) < 4.78 is 5.56. The first-order valence-electron chi connectivity index (χ1n) is 10.8. The van der Waals surface area contributed by atoms with Gasteiger partial charge in [0.15, 0.2) is 0 Å². The van der Waals surface area contributed by atoms with E-state index >= 15 is 0 Å². The van der Waals surface area contributed by atoms with Gasteiger partial charge in [0.1, 0.15) is 6.10 Å². The van der Waals surface area contributed by atoms with Crippen molar-refractivity contribution in [3.8, 4) is 0 Å². The smallest absolute Gasteiger partial charge is 0.302 e. The summed E-state index contributed by atoms with van der Waals surface area (Å²) >= 11 is 0. The molecule has 0 aliphatic heterocycles. The summed E-state index contributed by atoms with van der Waals surface area (Å²) in [5, 5.41) is 0. The maximum Gasteiger partial charge on any atom is 0.302 e. The highest BCUT2D eigenvalue weighted by atomic mass is 16.5. The van der Waals surface area contributed by atoms with Crippen molar-refractivity contribution < 1.29 is 9.53 Å². The lowest BCUT2D eigenvalue weighted by molar-refractivity contribution is -0.148. The highest BCUT2D eigenvalue weighted by Crippen LogP contribution is 2.67. The molecule has 0 spiro atoms. The van der Waals surface area contributed by atoms with Crippen LogP contribution in [0.15, 0.2) is 23.8 Å². The van der Waals surface area contributed by atoms with Crippen LogP contribution in [0.4, 0.5) is 0 Å². The van der Waals surface area contributed by atoms with Crippen LogP contribution < -0.4 is 0 Å². The average molecular weight is 357 g/mol. The van der Waals surface area contributed by atoms with E-state index in [9.17, 15) is 4.79 Å². The number of ether oxygens (including phenoxy) is 1. The summed E-state index contributed by atoms with van der Waals surface area (Å²) in [5.41, 5.74) is 3.81. The zero-order valence-corrected chi connectivity index (χ0v) is 17.1. The number of rotatable bonds is 2. The number of esters is 1. The van der Waals surface area contributed by atoms with Crippen LogP contribution in [0.3, 0.4) is 0 Å². The lowest BCUT2D eigenvalue weighted by Gasteiger charge is -2.58. The largest absolute Gasteiger partial charge is 0.462 e. The van der Waals surface area contributed by atoms with Crippen molar-refractivity contribution in [3.05, 3.63) is 23.8 Å². The average Bonchev–Trinajstić information content (AvgIpc) is 2.92. The predicted octanol–water partition coefficient (Wildman–Crippen LogP) is 6.07. The van der Waals surface area contributed by atoms with E-state index in [4.69, 9.17) is 4.74 Å². The van der Waals surface area contributed by atoms with Gasteiger partial charge < -0.3 is 4.74 Å². The van der Waals surface area contributed by atoms with Gasteiger partial charge in [0, 0.05) is 13.3 Å². The number of hydrogen-bond donors (Lipinski definition) is 0. The van der Waals surface area contributed by atoms with Gasteiger partial charge in [0.05, 0.1) is 0 Å². The first-order valence-corrected chi connectivity index (χ1v) is 10.8. The molecule has 4 rings (SSSR count). The molecule has 3 fully saturated rings. The third-order valence-electron chi connectivity index (χ3n) is 8.99. The highest BCUT2D eigenvalue weighted by Gasteiger charge is 2.58. The molecule has 0 amide bonds. The van der Waals surface area contributed by atoms with Crippen LogP contribution in [0.5, 0.6) is 0 Å². The van der Waals surface area contributed by atoms with Crippen LogP contribution in [0, 0.1) is 34.5 Å². The molecule has 0 heterocycles. The second kappa shape index (κ2) is 6.24. The van der Waals surface area contributed by atoms with Crippen molar-refractivity contribution in [1.82, 2.24) is 0 Å². The first kappa shape index (κ1) is 18.3. The van der Waals surface area contributed by atoms with Gasteiger partial charge >= 0.3 is 5.97 Å². The number of carbonyl (C=O) groups is 1. The van der Waals surface area contributed by atoms with Crippen molar-refractivity contribution >= 4 is 5.97 Å². The Balaban J connectivity index is 1.59. The van der Waals surface area contributed by atoms with Gasteiger partial charge in [-0.1, -0.05) is 37.6 Å². The maximum atomic E-state index is 11.4. The first-order chi connectivity index (χ1) is 12.3. The molecule has 4 aliphatic rings. The predicted molar refractivity (Wildman–Crippen MR) is 106 cm³/mol. The van der Waals surface area contributed by atoms with E-state index < -0.39 is 0 Å². The molecule has 0 aromatic heterocycles. The van der Waals surface area contributed by atoms with Crippen LogP contribution in [0.1, 0.15) is 79.1 Å². The lowest BCUT2D eigenvalue weighted by atomic mass is 9.47. The van der Waals surface area contributed by atoms with E-state index in [0.29, 0.717) is 10.8 Å². The van der Waals surface area contributed by atoms with Crippen molar-refractivity contribution in [2.75, 3.05) is 0 Å². The van der Waals surface area contributed by atoms with Gasteiger partial charge in [-0.2, -0.15) is 0 Å². The molecule has 7 atom stereocenters. The Labute approximate surface area is 159 Å². The van der Waals surface area contributed by atoms with Crippen LogP contribution >= 0.6 is 0 Å². The molecule has 3 unspecified atom stereocenters. The van der Waals surface area contributed by atoms with Gasteiger partial charge in [-0.15, -0.1) is 0 Å². The van der Waals surface area contributed by atoms with Gasteiger partial charge in [0.2, 0.25) is 0 Å². The molecule has 0 bridgehead atoms. The fourth-order valence-electron chi connectivity index (χ4n) is 7.77. The fraction of sp³-hybridized carbons (Fsp3) is 0.792. The zero-order valence-electron chi connectivity index (χ0n) is 17.1. The van der Waals surface area contributed by atoms with Crippen molar-refractivity contribution in [2.24, 2.45) is 34.5 Å². The minimum Gasteiger partial charge on any atom is -0.462 e. The standard InChI is InChI=1S/C24H36O2/c1-15(2)20-8-9-21-19-7-6-17-14-18(26-16(3)25)10-12-23(17,4)22(19)11-13-24(20,21)5/h6,18-22H,1,7-14H2,2-5H3/t18-,19?,20+,21?,22?,23-,24+/m0/s1. The molecule has 4 aliphatic carbocycles. The van der Waals surface area contributed by atoms with Gasteiger partial charge in [0.25, 0.3) is 0 Å². The Morgan fingerprint density at radius 1 is 1.12 bits per heavy atom. The molecule has 2 nitrogen and oxygen atoms in total. The molecule has 0 radical (unpaired) electrons. The zero-order chi connectivity index (χ0) is 18.7. The lowest BCUT2D eigenvalue weighted by Crippen LogP contribution is -2.50. The Morgan fingerprint density at radius 3 is 2.58 bits per heavy atom. The SMILES string of the molecule is C=C(C)[C@H]1CCC2C3CC=C4C[C@@H](OC(C)=O)CC[C@]4(C)C3CC[C@@]21C. The Kier molecular flexibility index (Phi) is 4.40. The topological polar surface area (TPSA) is 26.3 Å². The van der Waals surface area contributed by atoms with E-state index in [2.05, 4.69) is 33.4 Å². The van der Waals surface area contributed by atoms with Gasteiger partial charge in [-0.25, -0.2) is 0 Å². The summed E-state index contributed by atoms with van der Waals surface area (Å²) in [6.07, 6.45) is 12.6. The Bertz CT molecular complexity index is 647. The molecule has 26 heavy (non-hydrogen) atoms. The van der Waals surface area contributed by atoms with Crippen LogP contribution in [-0.4, -0.2) is 12.1 Å². The molecule has 2 heteroatoms. The molecule has 0 aromatic rings. The number of fused-ring (bicyclic) bond motifs is 5. The molecule has 3 saturated carbocycles. The normalized spacial score (nSPS) is 47.2. The van der Waals surface area contributed by atoms with Gasteiger partial charge in [-0.3, -0.25) is 4.79 Å². The Morgan fingerprint density at radius 2 is 1.88 bits per heavy atom. The minimum atomic E-state index is -0.127. The summed E-state index contributed by atoms with van der Waals surface area (Å²) in [7, 11) is 0. The third-order valence-corrected chi connectivity index (χ3v) is 8.99. The van der Waals surface area contributed by atoms with Crippen LogP contribution in [-0.2, 0) is 9.53 Å². The summed E-state index contributed by atoms with van der Waals surface area (Å²) in [4.78, 5) is 11.4. The minimum absolute atomic E-state index is 0.108. The molecule has 0 aromatic carbocycles. The molecular formula is C24H36O2. The number of allylic oxidation sites excluding steroid dienone is 2. The van der Waals surface area contributed by atoms with E-state index in [1.807, 2.05) is 0 Å². The number of hydrogen-bond acceptors (Lipinski definition) is 2. The number of carbonyl (C=O) groups excluding carboxylic acids is 1. The second-order valence-electron chi connectivity index (χ2n) is 10.3. The molecule has 144 valence electrons. The van der Waals surface area contributed by atoms with Crippen LogP contribution in [0.25, 0.3) is 0 Å². The van der Waals surface area contributed by atoms with Crippen LogP contribution in [0.2, 0.25) is 0 Å². The van der Waals surface area contributed by atoms with Crippen molar-refractivity contribution in [2.45, 2.75) is 85.2 Å². The monoisotopic (exact) mass is 356 g/mol. The molecule has 0 N–H and O–H groups in total. The highest BCUT2D eigenvalue weighted by molar-refractivity contribution is 5.66. The van der Waals surface area contributed by atoms with E-state index in [0.717, 1.165) is 36.5 Å². The van der Waals surface area contributed by atoms with Crippen molar-refractivity contribution in [3.63, 3.8) is 0 Å². The Hall–Kier alpha value is -1.05. The van der Waals surface area contributed by atoms with E-state index in [1.165, 1.54) is 44.1 Å². The summed E-state index contributed by atoms with van der Waals surface area (Å²) in [5.74, 6) is 3.13. The quantitative estimate of drug-likeness (QED) is 0.443. The maximum absolute atomic E-state index is 11.4. The second-order valence-corrected chi connectivity index (χ2v) is 10.3. The van der Waals surface area contributed by atoms with Gasteiger partial charge in [-0.05, 0) is 86.4 Å². The molecular weight excluding hydrogens is 320 g/mol. The fourth-order valence-corrected chi connectivity index (χ4v) is 7.77.